The number of pyridine rings is 1. The average Bonchev–Trinajstić information content (AvgIpc) is 2.87. The number of aromatic nitrogens is 1. The number of halogens is 4. The third-order valence-electron chi connectivity index (χ3n) is 7.61. The fraction of sp³-hybridized carbons (Fsp3) is 0.448. The summed E-state index contributed by atoms with van der Waals surface area (Å²) in [6.07, 6.45) is 3.18. The monoisotopic (exact) mass is 548 g/mol. The lowest BCUT2D eigenvalue weighted by atomic mass is 9.71. The molecule has 1 N–H and O–H groups in total. The molecule has 1 fully saturated rings. The number of nitrogens with zero attached hydrogens (tertiary/aromatic N) is 2. The van der Waals surface area contributed by atoms with E-state index in [1.165, 1.54) is 25.4 Å². The number of piperidine rings is 1. The van der Waals surface area contributed by atoms with E-state index >= 15 is 4.39 Å². The number of ether oxygens (including phenoxy) is 1. The van der Waals surface area contributed by atoms with Gasteiger partial charge in [0.05, 0.1) is 24.1 Å². The number of likely N-dealkylation sites (tertiary alicyclic amines) is 1. The zero-order valence-electron chi connectivity index (χ0n) is 21.4. The first-order valence-electron chi connectivity index (χ1n) is 12.8. The summed E-state index contributed by atoms with van der Waals surface area (Å²) in [6.45, 7) is 2.13. The summed E-state index contributed by atoms with van der Waals surface area (Å²) in [7, 11) is 1.54. The standard InChI is InChI=1S/C29H32ClF3N2O3/c1-38-22-4-5-26-23(16-22)28(24(30)18-34-26)25(33)6-7-29(17-27(36)37)8-11-35(12-9-29)10-2-3-19-13-20(31)15-21(32)14-19/h4-5,13-16,18,25H,2-3,6-12,17H2,1H3,(H,36,37). The number of carbonyl (C=O) groups is 1. The number of rotatable bonds is 11. The molecule has 1 saturated heterocycles. The van der Waals surface area contributed by atoms with Crippen LogP contribution in [0.15, 0.2) is 42.6 Å². The van der Waals surface area contributed by atoms with Crippen LogP contribution in [0.5, 0.6) is 5.75 Å². The van der Waals surface area contributed by atoms with Gasteiger partial charge >= 0.3 is 5.97 Å². The van der Waals surface area contributed by atoms with Crippen LogP contribution in [-0.2, 0) is 11.2 Å². The minimum atomic E-state index is -1.38. The second kappa shape index (κ2) is 12.3. The van der Waals surface area contributed by atoms with Crippen LogP contribution in [0.3, 0.4) is 0 Å². The highest BCUT2D eigenvalue weighted by Gasteiger charge is 2.37. The highest BCUT2D eigenvalue weighted by molar-refractivity contribution is 6.32. The molecule has 0 saturated carbocycles. The van der Waals surface area contributed by atoms with Gasteiger partial charge in [0.2, 0.25) is 0 Å². The SMILES string of the molecule is COc1ccc2ncc(Cl)c(C(F)CCC3(CC(=O)O)CCN(CCCc4cc(F)cc(F)c4)CC3)c2c1. The van der Waals surface area contributed by atoms with Crippen LogP contribution in [0.25, 0.3) is 10.9 Å². The van der Waals surface area contributed by atoms with Gasteiger partial charge < -0.3 is 14.7 Å². The fourth-order valence-electron chi connectivity index (χ4n) is 5.54. The molecule has 3 aromatic rings. The van der Waals surface area contributed by atoms with E-state index in [0.717, 1.165) is 19.0 Å². The predicted octanol–water partition coefficient (Wildman–Crippen LogP) is 7.16. The van der Waals surface area contributed by atoms with Crippen LogP contribution in [0, 0.1) is 17.0 Å². The van der Waals surface area contributed by atoms with Crippen molar-refractivity contribution in [3.05, 3.63) is 70.4 Å². The van der Waals surface area contributed by atoms with Gasteiger partial charge in [0.1, 0.15) is 23.6 Å². The van der Waals surface area contributed by atoms with Crippen LogP contribution in [-0.4, -0.2) is 47.7 Å². The molecule has 1 unspecified atom stereocenters. The quantitative estimate of drug-likeness (QED) is 0.275. The number of carboxylic acid groups (broad SMARTS) is 1. The molecule has 1 aliphatic rings. The van der Waals surface area contributed by atoms with Crippen molar-refractivity contribution in [1.29, 1.82) is 0 Å². The van der Waals surface area contributed by atoms with Gasteiger partial charge in [-0.25, -0.2) is 13.2 Å². The van der Waals surface area contributed by atoms with Crippen molar-refractivity contribution in [2.45, 2.75) is 51.1 Å². The first kappa shape index (κ1) is 28.2. The van der Waals surface area contributed by atoms with Crippen LogP contribution in [0.4, 0.5) is 13.2 Å². The summed E-state index contributed by atoms with van der Waals surface area (Å²) < 4.78 is 47.9. The van der Waals surface area contributed by atoms with Crippen molar-refractivity contribution >= 4 is 28.5 Å². The van der Waals surface area contributed by atoms with Crippen molar-refractivity contribution in [1.82, 2.24) is 9.88 Å². The Morgan fingerprint density at radius 1 is 1.18 bits per heavy atom. The summed E-state index contributed by atoms with van der Waals surface area (Å²) in [5, 5.41) is 10.4. The van der Waals surface area contributed by atoms with Crippen molar-refractivity contribution in [2.75, 3.05) is 26.7 Å². The normalized spacial score (nSPS) is 16.4. The minimum absolute atomic E-state index is 0.0191. The predicted molar refractivity (Wildman–Crippen MR) is 141 cm³/mol. The molecule has 0 spiro atoms. The smallest absolute Gasteiger partial charge is 0.303 e. The molecule has 4 rings (SSSR count). The third-order valence-corrected chi connectivity index (χ3v) is 7.92. The molecule has 1 aromatic heterocycles. The maximum Gasteiger partial charge on any atom is 0.303 e. The zero-order valence-corrected chi connectivity index (χ0v) is 22.1. The molecule has 9 heteroatoms. The van der Waals surface area contributed by atoms with E-state index in [1.54, 1.807) is 18.2 Å². The highest BCUT2D eigenvalue weighted by atomic mass is 35.5. The summed E-state index contributed by atoms with van der Waals surface area (Å²) in [5.41, 5.74) is 1.08. The Kier molecular flexibility index (Phi) is 9.15. The van der Waals surface area contributed by atoms with Gasteiger partial charge in [0, 0.05) is 23.2 Å². The van der Waals surface area contributed by atoms with E-state index in [-0.39, 0.29) is 17.9 Å². The minimum Gasteiger partial charge on any atom is -0.497 e. The maximum absolute atomic E-state index is 15.7. The van der Waals surface area contributed by atoms with Crippen LogP contribution >= 0.6 is 11.6 Å². The topological polar surface area (TPSA) is 62.7 Å². The van der Waals surface area contributed by atoms with Gasteiger partial charge in [0.25, 0.3) is 0 Å². The van der Waals surface area contributed by atoms with Gasteiger partial charge in [-0.3, -0.25) is 9.78 Å². The van der Waals surface area contributed by atoms with Crippen LogP contribution in [0.1, 0.15) is 55.8 Å². The highest BCUT2D eigenvalue weighted by Crippen LogP contribution is 2.44. The lowest BCUT2D eigenvalue weighted by Crippen LogP contribution is -2.41. The van der Waals surface area contributed by atoms with Crippen molar-refractivity contribution < 1.29 is 27.8 Å². The van der Waals surface area contributed by atoms with Crippen molar-refractivity contribution in [3.63, 3.8) is 0 Å². The van der Waals surface area contributed by atoms with Gasteiger partial charge in [0.15, 0.2) is 0 Å². The molecular formula is C29H32ClF3N2O3. The number of aryl methyl sites for hydroxylation is 1. The number of alkyl halides is 1. The number of aliphatic carboxylic acids is 1. The van der Waals surface area contributed by atoms with E-state index in [4.69, 9.17) is 16.3 Å². The van der Waals surface area contributed by atoms with Gasteiger partial charge in [-0.1, -0.05) is 11.6 Å². The zero-order chi connectivity index (χ0) is 27.3. The number of fused-ring (bicyclic) bond motifs is 1. The Morgan fingerprint density at radius 3 is 2.55 bits per heavy atom. The number of carboxylic acids is 1. The lowest BCUT2D eigenvalue weighted by molar-refractivity contribution is -0.141. The van der Waals surface area contributed by atoms with Crippen molar-refractivity contribution in [3.8, 4) is 5.75 Å². The van der Waals surface area contributed by atoms with Crippen molar-refractivity contribution in [2.24, 2.45) is 5.41 Å². The van der Waals surface area contributed by atoms with Crippen LogP contribution < -0.4 is 4.74 Å². The number of benzene rings is 2. The first-order chi connectivity index (χ1) is 18.2. The largest absolute Gasteiger partial charge is 0.497 e. The molecule has 2 heterocycles. The molecule has 0 bridgehead atoms. The molecule has 38 heavy (non-hydrogen) atoms. The summed E-state index contributed by atoms with van der Waals surface area (Å²) >= 11 is 6.38. The second-order valence-electron chi connectivity index (χ2n) is 10.2. The summed E-state index contributed by atoms with van der Waals surface area (Å²) in [6, 6.07) is 8.79. The Labute approximate surface area is 225 Å². The molecule has 204 valence electrons. The van der Waals surface area contributed by atoms with E-state index in [2.05, 4.69) is 9.88 Å². The third kappa shape index (κ3) is 6.97. The average molecular weight is 549 g/mol. The van der Waals surface area contributed by atoms with Gasteiger partial charge in [-0.05, 0) is 99.5 Å². The van der Waals surface area contributed by atoms with E-state index in [0.29, 0.717) is 66.6 Å². The molecule has 2 aromatic carbocycles. The summed E-state index contributed by atoms with van der Waals surface area (Å²) in [4.78, 5) is 18.3. The second-order valence-corrected chi connectivity index (χ2v) is 10.6. The molecule has 0 amide bonds. The molecule has 1 atom stereocenters. The molecule has 0 radical (unpaired) electrons. The van der Waals surface area contributed by atoms with E-state index in [9.17, 15) is 18.7 Å². The Hall–Kier alpha value is -2.84. The number of methoxy groups -OCH3 is 1. The maximum atomic E-state index is 15.7. The van der Waals surface area contributed by atoms with E-state index < -0.39 is 29.2 Å². The number of hydrogen-bond acceptors (Lipinski definition) is 4. The van der Waals surface area contributed by atoms with Gasteiger partial charge in [-0.2, -0.15) is 0 Å². The molecule has 5 nitrogen and oxygen atoms in total. The Bertz CT molecular complexity index is 1260. The van der Waals surface area contributed by atoms with Crippen LogP contribution in [0.2, 0.25) is 5.02 Å². The fourth-order valence-corrected chi connectivity index (χ4v) is 5.81. The first-order valence-corrected chi connectivity index (χ1v) is 13.2. The molecule has 1 aliphatic heterocycles. The van der Waals surface area contributed by atoms with Gasteiger partial charge in [-0.15, -0.1) is 0 Å². The molecular weight excluding hydrogens is 517 g/mol. The Morgan fingerprint density at radius 2 is 1.89 bits per heavy atom. The van der Waals surface area contributed by atoms with E-state index in [1.807, 2.05) is 0 Å². The molecule has 0 aliphatic carbocycles. The summed E-state index contributed by atoms with van der Waals surface area (Å²) in [5.74, 6) is -1.48. The number of hydrogen-bond donors (Lipinski definition) is 1. The lowest BCUT2D eigenvalue weighted by Gasteiger charge is -2.41. The Balaban J connectivity index is 1.38.